The molecule has 6 nitrogen and oxygen atoms in total. The first-order valence-corrected chi connectivity index (χ1v) is 7.46. The van der Waals surface area contributed by atoms with Crippen molar-refractivity contribution >= 4 is 11.9 Å². The molecule has 2 aromatic heterocycles. The monoisotopic (exact) mass is 287 g/mol. The molecular weight excluding hydrogens is 266 g/mol. The van der Waals surface area contributed by atoms with Gasteiger partial charge in [0.1, 0.15) is 0 Å². The summed E-state index contributed by atoms with van der Waals surface area (Å²) in [5.74, 6) is 1.19. The first-order chi connectivity index (χ1) is 10.1. The van der Waals surface area contributed by atoms with E-state index in [1.165, 1.54) is 0 Å². The number of amides is 1. The Morgan fingerprint density at radius 1 is 1.52 bits per heavy atom. The lowest BCUT2D eigenvalue weighted by Gasteiger charge is -2.20. The minimum atomic E-state index is -0.0119. The molecule has 1 atom stereocenters. The highest BCUT2D eigenvalue weighted by Crippen LogP contribution is 2.24. The summed E-state index contributed by atoms with van der Waals surface area (Å²) in [4.78, 5) is 24.1. The predicted octanol–water partition coefficient (Wildman–Crippen LogP) is 2.01. The smallest absolute Gasteiger partial charge is 0.230 e. The molecule has 0 aromatic carbocycles. The molecule has 21 heavy (non-hydrogen) atoms. The first-order valence-electron chi connectivity index (χ1n) is 7.46. The SMILES string of the molecule is CC(C)Cn1ccnc1NC(=O)[C@@H]1CCc2nc[nH]c2C1. The Labute approximate surface area is 124 Å². The van der Waals surface area contributed by atoms with Gasteiger partial charge in [-0.3, -0.25) is 10.1 Å². The van der Waals surface area contributed by atoms with E-state index >= 15 is 0 Å². The third-order valence-electron chi connectivity index (χ3n) is 3.87. The van der Waals surface area contributed by atoms with Crippen LogP contribution in [0.3, 0.4) is 0 Å². The third-order valence-corrected chi connectivity index (χ3v) is 3.87. The Balaban J connectivity index is 1.66. The van der Waals surface area contributed by atoms with Gasteiger partial charge in [0.2, 0.25) is 11.9 Å². The largest absolute Gasteiger partial charge is 0.348 e. The number of aromatic amines is 1. The van der Waals surface area contributed by atoms with Crippen LogP contribution in [-0.4, -0.2) is 25.4 Å². The number of aryl methyl sites for hydroxylation is 1. The van der Waals surface area contributed by atoms with Crippen molar-refractivity contribution in [2.45, 2.75) is 39.7 Å². The van der Waals surface area contributed by atoms with Gasteiger partial charge in [-0.05, 0) is 18.8 Å². The van der Waals surface area contributed by atoms with E-state index in [0.717, 1.165) is 37.2 Å². The number of carbonyl (C=O) groups is 1. The molecule has 0 fully saturated rings. The van der Waals surface area contributed by atoms with Crippen molar-refractivity contribution < 1.29 is 4.79 Å². The standard InChI is InChI=1S/C15H21N5O/c1-10(2)8-20-6-5-16-15(20)19-14(21)11-3-4-12-13(7-11)18-9-17-12/h5-6,9-11H,3-4,7-8H2,1-2H3,(H,17,18)(H,16,19,21)/t11-/m1/s1. The number of H-pyrrole nitrogens is 1. The summed E-state index contributed by atoms with van der Waals surface area (Å²) in [6.45, 7) is 5.14. The molecule has 0 radical (unpaired) electrons. The van der Waals surface area contributed by atoms with Crippen LogP contribution in [0, 0.1) is 11.8 Å². The van der Waals surface area contributed by atoms with E-state index in [-0.39, 0.29) is 11.8 Å². The number of nitrogens with one attached hydrogen (secondary N) is 2. The van der Waals surface area contributed by atoms with Crippen LogP contribution < -0.4 is 5.32 Å². The molecule has 0 bridgehead atoms. The van der Waals surface area contributed by atoms with E-state index in [1.54, 1.807) is 12.5 Å². The fourth-order valence-corrected chi connectivity index (χ4v) is 2.81. The van der Waals surface area contributed by atoms with Gasteiger partial charge in [0.25, 0.3) is 0 Å². The average molecular weight is 287 g/mol. The molecule has 0 aliphatic heterocycles. The molecule has 2 N–H and O–H groups in total. The summed E-state index contributed by atoms with van der Waals surface area (Å²) in [5.41, 5.74) is 2.19. The fraction of sp³-hybridized carbons (Fsp3) is 0.533. The highest BCUT2D eigenvalue weighted by molar-refractivity contribution is 5.91. The van der Waals surface area contributed by atoms with Crippen molar-refractivity contribution in [3.05, 3.63) is 30.1 Å². The Morgan fingerprint density at radius 2 is 2.38 bits per heavy atom. The maximum Gasteiger partial charge on any atom is 0.230 e. The van der Waals surface area contributed by atoms with E-state index in [1.807, 2.05) is 10.8 Å². The molecule has 0 saturated heterocycles. The third kappa shape index (κ3) is 2.99. The van der Waals surface area contributed by atoms with Gasteiger partial charge >= 0.3 is 0 Å². The second kappa shape index (κ2) is 5.71. The zero-order valence-electron chi connectivity index (χ0n) is 12.5. The number of nitrogens with zero attached hydrogens (tertiary/aromatic N) is 3. The average Bonchev–Trinajstić information content (AvgIpc) is 3.06. The van der Waals surface area contributed by atoms with Crippen molar-refractivity contribution in [1.82, 2.24) is 19.5 Å². The molecule has 3 rings (SSSR count). The summed E-state index contributed by atoms with van der Waals surface area (Å²) in [6.07, 6.45) is 7.77. The Morgan fingerprint density at radius 3 is 3.19 bits per heavy atom. The van der Waals surface area contributed by atoms with Crippen molar-refractivity contribution in [1.29, 1.82) is 0 Å². The van der Waals surface area contributed by atoms with Crippen LogP contribution in [0.25, 0.3) is 0 Å². The predicted molar refractivity (Wildman–Crippen MR) is 79.8 cm³/mol. The Bertz CT molecular complexity index is 628. The number of anilines is 1. The van der Waals surface area contributed by atoms with E-state index in [2.05, 4.69) is 34.1 Å². The summed E-state index contributed by atoms with van der Waals surface area (Å²) in [6, 6.07) is 0. The number of fused-ring (bicyclic) bond motifs is 1. The second-order valence-corrected chi connectivity index (χ2v) is 6.05. The van der Waals surface area contributed by atoms with Gasteiger partial charge in [0, 0.05) is 37.0 Å². The lowest BCUT2D eigenvalue weighted by Crippen LogP contribution is -2.29. The molecule has 0 unspecified atom stereocenters. The van der Waals surface area contributed by atoms with Crippen molar-refractivity contribution in [3.8, 4) is 0 Å². The maximum absolute atomic E-state index is 12.4. The summed E-state index contributed by atoms with van der Waals surface area (Å²) >= 11 is 0. The second-order valence-electron chi connectivity index (χ2n) is 6.05. The van der Waals surface area contributed by atoms with Gasteiger partial charge in [0.05, 0.1) is 12.0 Å². The number of hydrogen-bond donors (Lipinski definition) is 2. The van der Waals surface area contributed by atoms with Crippen LogP contribution in [0.2, 0.25) is 0 Å². The number of carbonyl (C=O) groups excluding carboxylic acids is 1. The molecule has 112 valence electrons. The van der Waals surface area contributed by atoms with Crippen LogP contribution in [0.15, 0.2) is 18.7 Å². The Kier molecular flexibility index (Phi) is 3.77. The van der Waals surface area contributed by atoms with Gasteiger partial charge in [0.15, 0.2) is 0 Å². The van der Waals surface area contributed by atoms with Crippen LogP contribution in [0.4, 0.5) is 5.95 Å². The minimum absolute atomic E-state index is 0.0119. The molecule has 0 spiro atoms. The van der Waals surface area contributed by atoms with Crippen LogP contribution in [0.1, 0.15) is 31.7 Å². The van der Waals surface area contributed by atoms with E-state index in [4.69, 9.17) is 0 Å². The normalized spacial score (nSPS) is 17.8. The summed E-state index contributed by atoms with van der Waals surface area (Å²) in [5, 5.41) is 2.97. The van der Waals surface area contributed by atoms with Gasteiger partial charge < -0.3 is 9.55 Å². The summed E-state index contributed by atoms with van der Waals surface area (Å²) < 4.78 is 1.99. The van der Waals surface area contributed by atoms with Crippen LogP contribution in [-0.2, 0) is 24.2 Å². The van der Waals surface area contributed by atoms with Crippen LogP contribution in [0.5, 0.6) is 0 Å². The van der Waals surface area contributed by atoms with Gasteiger partial charge in [-0.2, -0.15) is 0 Å². The molecule has 1 aliphatic rings. The molecule has 0 saturated carbocycles. The molecule has 6 heteroatoms. The molecule has 2 aromatic rings. The lowest BCUT2D eigenvalue weighted by atomic mass is 9.89. The summed E-state index contributed by atoms with van der Waals surface area (Å²) in [7, 11) is 0. The van der Waals surface area contributed by atoms with Gasteiger partial charge in [-0.15, -0.1) is 0 Å². The molecule has 1 amide bonds. The Hall–Kier alpha value is -2.11. The number of rotatable bonds is 4. The highest BCUT2D eigenvalue weighted by Gasteiger charge is 2.26. The van der Waals surface area contributed by atoms with E-state index < -0.39 is 0 Å². The lowest BCUT2D eigenvalue weighted by molar-refractivity contribution is -0.120. The van der Waals surface area contributed by atoms with E-state index in [0.29, 0.717) is 11.9 Å². The van der Waals surface area contributed by atoms with Crippen molar-refractivity contribution in [2.75, 3.05) is 5.32 Å². The van der Waals surface area contributed by atoms with Crippen molar-refractivity contribution in [3.63, 3.8) is 0 Å². The number of aromatic nitrogens is 4. The zero-order valence-corrected chi connectivity index (χ0v) is 12.5. The molecule has 2 heterocycles. The highest BCUT2D eigenvalue weighted by atomic mass is 16.2. The quantitative estimate of drug-likeness (QED) is 0.903. The van der Waals surface area contributed by atoms with E-state index in [9.17, 15) is 4.79 Å². The van der Waals surface area contributed by atoms with Crippen LogP contribution >= 0.6 is 0 Å². The van der Waals surface area contributed by atoms with Gasteiger partial charge in [-0.25, -0.2) is 9.97 Å². The number of hydrogen-bond acceptors (Lipinski definition) is 3. The maximum atomic E-state index is 12.4. The first kappa shape index (κ1) is 13.9. The minimum Gasteiger partial charge on any atom is -0.348 e. The number of imidazole rings is 2. The van der Waals surface area contributed by atoms with Gasteiger partial charge in [-0.1, -0.05) is 13.8 Å². The zero-order chi connectivity index (χ0) is 14.8. The molecular formula is C15H21N5O. The fourth-order valence-electron chi connectivity index (χ4n) is 2.81. The topological polar surface area (TPSA) is 75.6 Å². The molecule has 1 aliphatic carbocycles. The van der Waals surface area contributed by atoms with Crippen molar-refractivity contribution in [2.24, 2.45) is 11.8 Å².